The summed E-state index contributed by atoms with van der Waals surface area (Å²) in [5, 5.41) is 9.64. The first-order valence-corrected chi connectivity index (χ1v) is 14.2. The molecule has 0 aromatic carbocycles. The van der Waals surface area contributed by atoms with Crippen LogP contribution in [0.15, 0.2) is 6.20 Å². The number of carbonyl (C=O) groups excluding carboxylic acids is 1. The summed E-state index contributed by atoms with van der Waals surface area (Å²) in [6.07, 6.45) is 7.01. The van der Waals surface area contributed by atoms with Gasteiger partial charge in [-0.05, 0) is 61.7 Å². The van der Waals surface area contributed by atoms with Gasteiger partial charge in [0.15, 0.2) is 0 Å². The molecule has 0 saturated heterocycles. The average Bonchev–Trinajstić information content (AvgIpc) is 3.13. The summed E-state index contributed by atoms with van der Waals surface area (Å²) in [6, 6.07) is -0.910. The molecule has 6 heteroatoms. The van der Waals surface area contributed by atoms with Crippen LogP contribution in [0.3, 0.4) is 0 Å². The summed E-state index contributed by atoms with van der Waals surface area (Å²) in [7, 11) is 0. The molecule has 4 unspecified atom stereocenters. The number of aliphatic carboxylic acids is 1. The molecular weight excluding hydrogens is 452 g/mol. The molecule has 0 aliphatic rings. The fourth-order valence-electron chi connectivity index (χ4n) is 5.14. The Hall–Kier alpha value is -1.85. The molecule has 4 atom stereocenters. The number of hydrogen-bond acceptors (Lipinski definition) is 4. The maximum absolute atomic E-state index is 13.7. The Kier molecular flexibility index (Phi) is 13.8. The van der Waals surface area contributed by atoms with Crippen molar-refractivity contribution < 1.29 is 19.4 Å². The first-order chi connectivity index (χ1) is 16.8. The Morgan fingerprint density at radius 3 is 2.00 bits per heavy atom. The second kappa shape index (κ2) is 15.4. The predicted molar refractivity (Wildman–Crippen MR) is 147 cm³/mol. The van der Waals surface area contributed by atoms with Crippen molar-refractivity contribution in [1.29, 1.82) is 0 Å². The number of carboxylic acid groups (broad SMARTS) is 1. The molecule has 0 bridgehead atoms. The van der Waals surface area contributed by atoms with Crippen molar-refractivity contribution in [1.82, 2.24) is 9.55 Å². The largest absolute Gasteiger partial charge is 0.481 e. The number of aromatic nitrogens is 2. The highest BCUT2D eigenvalue weighted by molar-refractivity contribution is 5.80. The Balaban J connectivity index is 3.35. The van der Waals surface area contributed by atoms with E-state index in [4.69, 9.17) is 4.74 Å². The second-order valence-corrected chi connectivity index (χ2v) is 12.2. The van der Waals surface area contributed by atoms with Gasteiger partial charge in [-0.1, -0.05) is 75.2 Å². The smallest absolute Gasteiger partial charge is 0.330 e. The van der Waals surface area contributed by atoms with Crippen LogP contribution >= 0.6 is 0 Å². The van der Waals surface area contributed by atoms with Crippen LogP contribution in [-0.4, -0.2) is 32.7 Å². The highest BCUT2D eigenvalue weighted by Crippen LogP contribution is 2.34. The summed E-state index contributed by atoms with van der Waals surface area (Å²) < 4.78 is 8.09. The third-order valence-corrected chi connectivity index (χ3v) is 7.49. The van der Waals surface area contributed by atoms with Crippen LogP contribution in [0.5, 0.6) is 0 Å². The van der Waals surface area contributed by atoms with Crippen molar-refractivity contribution in [2.75, 3.05) is 0 Å². The number of hydrogen-bond donors (Lipinski definition) is 1. The summed E-state index contributed by atoms with van der Waals surface area (Å²) in [5.41, 5.74) is 0.775. The number of imidazole rings is 1. The lowest BCUT2D eigenvalue weighted by Gasteiger charge is -2.35. The van der Waals surface area contributed by atoms with Crippen LogP contribution < -0.4 is 0 Å². The Morgan fingerprint density at radius 2 is 1.53 bits per heavy atom. The lowest BCUT2D eigenvalue weighted by molar-refractivity contribution is -0.161. The topological polar surface area (TPSA) is 81.4 Å². The fourth-order valence-corrected chi connectivity index (χ4v) is 5.14. The molecule has 1 rings (SSSR count). The van der Waals surface area contributed by atoms with Gasteiger partial charge in [0.2, 0.25) is 0 Å². The molecule has 0 aliphatic carbocycles. The van der Waals surface area contributed by atoms with Crippen molar-refractivity contribution in [2.45, 2.75) is 126 Å². The SMILES string of the molecule is CCc1nc(C)cn1C(CC(=O)O)C(=O)OC(CC(CCC(C)C)C(C)C)C(CCC(C)C)C(C)C. The van der Waals surface area contributed by atoms with E-state index in [1.165, 1.54) is 0 Å². The highest BCUT2D eigenvalue weighted by Gasteiger charge is 2.35. The number of rotatable bonds is 17. The van der Waals surface area contributed by atoms with E-state index in [2.05, 4.69) is 60.4 Å². The molecule has 208 valence electrons. The van der Waals surface area contributed by atoms with Crippen molar-refractivity contribution in [3.63, 3.8) is 0 Å². The maximum Gasteiger partial charge on any atom is 0.330 e. The average molecular weight is 507 g/mol. The number of nitrogens with zero attached hydrogens (tertiary/aromatic N) is 2. The third kappa shape index (κ3) is 10.6. The number of carboxylic acids is 1. The lowest BCUT2D eigenvalue weighted by atomic mass is 9.77. The normalized spacial score (nSPS) is 15.5. The monoisotopic (exact) mass is 506 g/mol. The minimum Gasteiger partial charge on any atom is -0.481 e. The molecule has 0 aliphatic heterocycles. The van der Waals surface area contributed by atoms with Gasteiger partial charge in [0.1, 0.15) is 18.0 Å². The van der Waals surface area contributed by atoms with E-state index in [1.54, 1.807) is 10.8 Å². The fraction of sp³-hybridized carbons (Fsp3) is 0.833. The highest BCUT2D eigenvalue weighted by atomic mass is 16.5. The zero-order valence-corrected chi connectivity index (χ0v) is 24.7. The molecule has 6 nitrogen and oxygen atoms in total. The van der Waals surface area contributed by atoms with Crippen LogP contribution in [0.25, 0.3) is 0 Å². The van der Waals surface area contributed by atoms with E-state index in [0.29, 0.717) is 41.8 Å². The lowest BCUT2D eigenvalue weighted by Crippen LogP contribution is -2.37. The number of aryl methyl sites for hydroxylation is 2. The van der Waals surface area contributed by atoms with Gasteiger partial charge in [-0.2, -0.15) is 0 Å². The van der Waals surface area contributed by atoms with Crippen LogP contribution in [-0.2, 0) is 20.7 Å². The molecule has 1 N–H and O–H groups in total. The van der Waals surface area contributed by atoms with Gasteiger partial charge in [0.05, 0.1) is 12.1 Å². The summed E-state index contributed by atoms with van der Waals surface area (Å²) in [5.74, 6) is 1.98. The molecule has 36 heavy (non-hydrogen) atoms. The molecule has 1 aromatic rings. The van der Waals surface area contributed by atoms with Crippen molar-refractivity contribution in [2.24, 2.45) is 35.5 Å². The Labute approximate surface area is 220 Å². The van der Waals surface area contributed by atoms with E-state index < -0.39 is 18.0 Å². The van der Waals surface area contributed by atoms with Crippen LogP contribution in [0.4, 0.5) is 0 Å². The van der Waals surface area contributed by atoms with Gasteiger partial charge in [-0.15, -0.1) is 0 Å². The van der Waals surface area contributed by atoms with Gasteiger partial charge in [0.25, 0.3) is 0 Å². The second-order valence-electron chi connectivity index (χ2n) is 12.2. The maximum atomic E-state index is 13.7. The molecular formula is C30H54N2O4. The Bertz CT molecular complexity index is 797. The molecule has 0 spiro atoms. The Morgan fingerprint density at radius 1 is 0.944 bits per heavy atom. The molecule has 0 saturated carbocycles. The van der Waals surface area contributed by atoms with Crippen LogP contribution in [0, 0.1) is 42.4 Å². The van der Waals surface area contributed by atoms with Gasteiger partial charge in [-0.3, -0.25) is 4.79 Å². The van der Waals surface area contributed by atoms with E-state index in [1.807, 2.05) is 13.8 Å². The van der Waals surface area contributed by atoms with Crippen LogP contribution in [0.1, 0.15) is 118 Å². The molecule has 0 radical (unpaired) electrons. The standard InChI is InChI=1S/C30H54N2O4/c1-11-28-31-23(10)18-32(28)26(17-29(33)34)30(35)36-27(25(22(8)9)15-13-20(4)5)16-24(21(6)7)14-12-19(2)3/h18-22,24-27H,11-17H2,1-10H3,(H,33,34). The van der Waals surface area contributed by atoms with Crippen LogP contribution in [0.2, 0.25) is 0 Å². The zero-order chi connectivity index (χ0) is 27.6. The molecule has 0 fully saturated rings. The van der Waals surface area contributed by atoms with Crippen molar-refractivity contribution in [3.05, 3.63) is 17.7 Å². The van der Waals surface area contributed by atoms with Gasteiger partial charge >= 0.3 is 11.9 Å². The van der Waals surface area contributed by atoms with Crippen molar-refractivity contribution in [3.8, 4) is 0 Å². The molecule has 1 heterocycles. The zero-order valence-electron chi connectivity index (χ0n) is 24.7. The van der Waals surface area contributed by atoms with Gasteiger partial charge in [-0.25, -0.2) is 9.78 Å². The minimum absolute atomic E-state index is 0.234. The minimum atomic E-state index is -1.01. The summed E-state index contributed by atoms with van der Waals surface area (Å²) in [4.78, 5) is 30.0. The van der Waals surface area contributed by atoms with E-state index in [0.717, 1.165) is 37.8 Å². The quantitative estimate of drug-likeness (QED) is 0.221. The van der Waals surface area contributed by atoms with E-state index >= 15 is 0 Å². The summed E-state index contributed by atoms with van der Waals surface area (Å²) in [6.45, 7) is 21.8. The van der Waals surface area contributed by atoms with Gasteiger partial charge in [0, 0.05) is 12.6 Å². The number of esters is 1. The van der Waals surface area contributed by atoms with Crippen molar-refractivity contribution >= 4 is 11.9 Å². The van der Waals surface area contributed by atoms with E-state index in [-0.39, 0.29) is 18.4 Å². The number of carbonyl (C=O) groups is 2. The van der Waals surface area contributed by atoms with Gasteiger partial charge < -0.3 is 14.4 Å². The number of ether oxygens (including phenoxy) is 1. The molecule has 0 amide bonds. The first kappa shape index (κ1) is 32.2. The van der Waals surface area contributed by atoms with E-state index in [9.17, 15) is 14.7 Å². The summed E-state index contributed by atoms with van der Waals surface area (Å²) >= 11 is 0. The predicted octanol–water partition coefficient (Wildman–Crippen LogP) is 7.49. The molecule has 1 aromatic heterocycles. The first-order valence-electron chi connectivity index (χ1n) is 14.2. The third-order valence-electron chi connectivity index (χ3n) is 7.49.